The smallest absolute Gasteiger partial charge is 0.407 e. The van der Waals surface area contributed by atoms with Gasteiger partial charge in [-0.1, -0.05) is 62.4 Å². The summed E-state index contributed by atoms with van der Waals surface area (Å²) in [5, 5.41) is 14.7. The first-order valence-electron chi connectivity index (χ1n) is 11.4. The van der Waals surface area contributed by atoms with Crippen LogP contribution in [0.3, 0.4) is 0 Å². The molecule has 0 aromatic heterocycles. The van der Waals surface area contributed by atoms with E-state index in [1.54, 1.807) is 13.8 Å². The fourth-order valence-corrected chi connectivity index (χ4v) is 4.56. The molecule has 2 aromatic carbocycles. The van der Waals surface area contributed by atoms with E-state index in [4.69, 9.17) is 4.74 Å². The average Bonchev–Trinajstić information content (AvgIpc) is 3.13. The number of benzene rings is 2. The first-order valence-corrected chi connectivity index (χ1v) is 12.8. The van der Waals surface area contributed by atoms with E-state index in [0.29, 0.717) is 18.6 Å². The third-order valence-electron chi connectivity index (χ3n) is 6.19. The van der Waals surface area contributed by atoms with Crippen molar-refractivity contribution in [2.24, 2.45) is 5.41 Å². The fourth-order valence-electron chi connectivity index (χ4n) is 4.09. The van der Waals surface area contributed by atoms with Gasteiger partial charge in [0.2, 0.25) is 5.91 Å². The number of fused-ring (bicyclic) bond motifs is 3. The Kier molecular flexibility index (Phi) is 8.61. The van der Waals surface area contributed by atoms with Crippen LogP contribution in [-0.4, -0.2) is 54.3 Å². The Hall–Kier alpha value is -3.00. The van der Waals surface area contributed by atoms with Gasteiger partial charge in [-0.3, -0.25) is 4.79 Å². The standard InChI is InChI=1S/C26H32N2O5S/c1-26(2,24(31)28-22(23(29)30)12-15-34-3)13-14-27-25(32)33-16-21-19-10-6-4-8-17(19)18-9-5-7-11-20(18)21/h4-11,21-22H,12-16H2,1-3H3,(H,27,32)(H,28,31)(H,29,30)/t22-/m0/s1. The van der Waals surface area contributed by atoms with Gasteiger partial charge >= 0.3 is 12.1 Å². The third-order valence-corrected chi connectivity index (χ3v) is 6.84. The van der Waals surface area contributed by atoms with Crippen LogP contribution in [0.15, 0.2) is 48.5 Å². The summed E-state index contributed by atoms with van der Waals surface area (Å²) >= 11 is 1.53. The summed E-state index contributed by atoms with van der Waals surface area (Å²) in [6.45, 7) is 3.92. The predicted molar refractivity (Wildman–Crippen MR) is 134 cm³/mol. The highest BCUT2D eigenvalue weighted by molar-refractivity contribution is 7.98. The van der Waals surface area contributed by atoms with Crippen molar-refractivity contribution in [3.8, 4) is 11.1 Å². The molecule has 0 radical (unpaired) electrons. The lowest BCUT2D eigenvalue weighted by molar-refractivity contribution is -0.143. The number of carboxylic acids is 1. The van der Waals surface area contributed by atoms with Crippen LogP contribution in [0.25, 0.3) is 11.1 Å². The van der Waals surface area contributed by atoms with E-state index in [1.807, 2.05) is 30.5 Å². The first-order chi connectivity index (χ1) is 16.2. The maximum Gasteiger partial charge on any atom is 0.407 e. The topological polar surface area (TPSA) is 105 Å². The number of carbonyl (C=O) groups is 3. The number of hydrogen-bond acceptors (Lipinski definition) is 5. The Morgan fingerprint density at radius 1 is 1.06 bits per heavy atom. The molecule has 0 unspecified atom stereocenters. The lowest BCUT2D eigenvalue weighted by Crippen LogP contribution is -2.47. The minimum Gasteiger partial charge on any atom is -0.480 e. The van der Waals surface area contributed by atoms with Gasteiger partial charge in [-0.2, -0.15) is 11.8 Å². The van der Waals surface area contributed by atoms with Gasteiger partial charge in [0.05, 0.1) is 0 Å². The molecule has 1 aliphatic carbocycles. The molecule has 0 heterocycles. The van der Waals surface area contributed by atoms with E-state index in [2.05, 4.69) is 34.9 Å². The summed E-state index contributed by atoms with van der Waals surface area (Å²) in [6.07, 6.45) is 2.05. The average molecular weight is 485 g/mol. The monoisotopic (exact) mass is 484 g/mol. The number of hydrogen-bond donors (Lipinski definition) is 3. The fraction of sp³-hybridized carbons (Fsp3) is 0.423. The van der Waals surface area contributed by atoms with Gasteiger partial charge in [-0.05, 0) is 47.1 Å². The number of rotatable bonds is 11. The van der Waals surface area contributed by atoms with Crippen LogP contribution in [0.2, 0.25) is 0 Å². The molecule has 0 saturated carbocycles. The molecule has 0 bridgehead atoms. The molecular formula is C26H32N2O5S. The van der Waals surface area contributed by atoms with Crippen LogP contribution >= 0.6 is 11.8 Å². The SMILES string of the molecule is CSCC[C@H](NC(=O)C(C)(C)CCNC(=O)OCC1c2ccccc2-c2ccccc21)C(=O)O. The van der Waals surface area contributed by atoms with E-state index in [1.165, 1.54) is 11.8 Å². The van der Waals surface area contributed by atoms with E-state index in [0.717, 1.165) is 22.3 Å². The Bertz CT molecular complexity index is 994. The molecule has 0 spiro atoms. The maximum absolute atomic E-state index is 12.6. The summed E-state index contributed by atoms with van der Waals surface area (Å²) in [6, 6.07) is 15.3. The Morgan fingerprint density at radius 3 is 2.21 bits per heavy atom. The highest BCUT2D eigenvalue weighted by Gasteiger charge is 2.32. The predicted octanol–water partition coefficient (Wildman–Crippen LogP) is 4.26. The second kappa shape index (κ2) is 11.4. The summed E-state index contributed by atoms with van der Waals surface area (Å²) in [5.41, 5.74) is 3.77. The number of aliphatic carboxylic acids is 1. The van der Waals surface area contributed by atoms with Crippen molar-refractivity contribution in [3.05, 3.63) is 59.7 Å². The summed E-state index contributed by atoms with van der Waals surface area (Å²) in [4.78, 5) is 36.4. The molecule has 1 atom stereocenters. The van der Waals surface area contributed by atoms with Crippen molar-refractivity contribution in [2.75, 3.05) is 25.2 Å². The lowest BCUT2D eigenvalue weighted by atomic mass is 9.88. The van der Waals surface area contributed by atoms with Crippen LogP contribution < -0.4 is 10.6 Å². The van der Waals surface area contributed by atoms with Crippen molar-refractivity contribution in [3.63, 3.8) is 0 Å². The van der Waals surface area contributed by atoms with E-state index < -0.39 is 23.5 Å². The quantitative estimate of drug-likeness (QED) is 0.440. The van der Waals surface area contributed by atoms with Crippen LogP contribution in [-0.2, 0) is 14.3 Å². The molecule has 34 heavy (non-hydrogen) atoms. The number of carbonyl (C=O) groups excluding carboxylic acids is 2. The van der Waals surface area contributed by atoms with Gasteiger partial charge in [-0.25, -0.2) is 9.59 Å². The molecule has 0 fully saturated rings. The van der Waals surface area contributed by atoms with Crippen molar-refractivity contribution < 1.29 is 24.2 Å². The summed E-state index contributed by atoms with van der Waals surface area (Å²) in [5.74, 6) is -0.777. The molecule has 3 rings (SSSR count). The van der Waals surface area contributed by atoms with Crippen LogP contribution in [0.5, 0.6) is 0 Å². The van der Waals surface area contributed by atoms with Gasteiger partial charge in [-0.15, -0.1) is 0 Å². The molecule has 0 aliphatic heterocycles. The zero-order valence-electron chi connectivity index (χ0n) is 19.8. The van der Waals surface area contributed by atoms with Gasteiger partial charge in [0, 0.05) is 17.9 Å². The molecule has 2 aromatic rings. The lowest BCUT2D eigenvalue weighted by Gasteiger charge is -2.26. The number of alkyl carbamates (subject to hydrolysis) is 1. The maximum atomic E-state index is 12.6. The van der Waals surface area contributed by atoms with Crippen LogP contribution in [0, 0.1) is 5.41 Å². The zero-order valence-corrected chi connectivity index (χ0v) is 20.6. The van der Waals surface area contributed by atoms with Gasteiger partial charge in [0.1, 0.15) is 12.6 Å². The van der Waals surface area contributed by atoms with Crippen LogP contribution in [0.4, 0.5) is 4.79 Å². The first kappa shape index (κ1) is 25.6. The molecule has 7 nitrogen and oxygen atoms in total. The number of thioether (sulfide) groups is 1. The molecular weight excluding hydrogens is 452 g/mol. The number of nitrogens with one attached hydrogen (secondary N) is 2. The van der Waals surface area contributed by atoms with Crippen molar-refractivity contribution >= 4 is 29.7 Å². The van der Waals surface area contributed by atoms with Gasteiger partial charge < -0.3 is 20.5 Å². The molecule has 8 heteroatoms. The normalized spacial score (nSPS) is 13.5. The Morgan fingerprint density at radius 2 is 1.65 bits per heavy atom. The summed E-state index contributed by atoms with van der Waals surface area (Å²) in [7, 11) is 0. The van der Waals surface area contributed by atoms with Gasteiger partial charge in [0.25, 0.3) is 0 Å². The second-order valence-electron chi connectivity index (χ2n) is 9.03. The Labute approximate surface area is 204 Å². The minimum absolute atomic E-state index is 0.0189. The highest BCUT2D eigenvalue weighted by atomic mass is 32.2. The third kappa shape index (κ3) is 6.11. The molecule has 0 saturated heterocycles. The highest BCUT2D eigenvalue weighted by Crippen LogP contribution is 2.44. The summed E-state index contributed by atoms with van der Waals surface area (Å²) < 4.78 is 5.52. The zero-order chi connectivity index (χ0) is 24.7. The van der Waals surface area contributed by atoms with E-state index in [9.17, 15) is 19.5 Å². The largest absolute Gasteiger partial charge is 0.480 e. The van der Waals surface area contributed by atoms with Crippen molar-refractivity contribution in [2.45, 2.75) is 38.6 Å². The Balaban J connectivity index is 1.49. The minimum atomic E-state index is -1.05. The number of carboxylic acid groups (broad SMARTS) is 1. The van der Waals surface area contributed by atoms with E-state index >= 15 is 0 Å². The van der Waals surface area contributed by atoms with E-state index in [-0.39, 0.29) is 25.0 Å². The van der Waals surface area contributed by atoms with Crippen molar-refractivity contribution in [1.29, 1.82) is 0 Å². The number of amides is 2. The molecule has 3 N–H and O–H groups in total. The second-order valence-corrected chi connectivity index (χ2v) is 10.0. The van der Waals surface area contributed by atoms with Crippen molar-refractivity contribution in [1.82, 2.24) is 10.6 Å². The molecule has 182 valence electrons. The molecule has 2 amide bonds. The molecule has 1 aliphatic rings. The van der Waals surface area contributed by atoms with Crippen LogP contribution in [0.1, 0.15) is 43.7 Å². The van der Waals surface area contributed by atoms with Gasteiger partial charge in [0.15, 0.2) is 0 Å². The number of ether oxygens (including phenoxy) is 1.